The Labute approximate surface area is 114 Å². The lowest BCUT2D eigenvalue weighted by Crippen LogP contribution is -2.39. The highest BCUT2D eigenvalue weighted by Crippen LogP contribution is 2.13. The zero-order chi connectivity index (χ0) is 14.5. The van der Waals surface area contributed by atoms with Crippen LogP contribution >= 0.6 is 0 Å². The number of hydrogen-bond donors (Lipinski definition) is 3. The van der Waals surface area contributed by atoms with Crippen LogP contribution in [0.1, 0.15) is 19.4 Å². The van der Waals surface area contributed by atoms with Crippen LogP contribution in [0.5, 0.6) is 0 Å². The third-order valence-corrected chi connectivity index (χ3v) is 4.18. The van der Waals surface area contributed by atoms with E-state index >= 15 is 0 Å². The van der Waals surface area contributed by atoms with Gasteiger partial charge in [0.1, 0.15) is 0 Å². The molecule has 6 heteroatoms. The van der Waals surface area contributed by atoms with Gasteiger partial charge in [-0.3, -0.25) is 0 Å². The third kappa shape index (κ3) is 4.91. The fourth-order valence-corrected chi connectivity index (χ4v) is 2.91. The number of rotatable bonds is 7. The van der Waals surface area contributed by atoms with Crippen LogP contribution in [0.4, 0.5) is 0 Å². The Morgan fingerprint density at radius 1 is 1.11 bits per heavy atom. The highest BCUT2D eigenvalue weighted by molar-refractivity contribution is 7.89. The van der Waals surface area contributed by atoms with Crippen molar-refractivity contribution < 1.29 is 18.6 Å². The van der Waals surface area contributed by atoms with E-state index in [0.29, 0.717) is 5.92 Å². The molecule has 1 rings (SSSR count). The van der Waals surface area contributed by atoms with Gasteiger partial charge < -0.3 is 10.2 Å². The molecule has 0 heterocycles. The summed E-state index contributed by atoms with van der Waals surface area (Å²) in [6, 6.07) is 5.75. The number of hydrogen-bond acceptors (Lipinski definition) is 4. The van der Waals surface area contributed by atoms with E-state index in [2.05, 4.69) is 18.6 Å². The summed E-state index contributed by atoms with van der Waals surface area (Å²) in [5.74, 6) is 0.508. The first kappa shape index (κ1) is 16.1. The number of benzene rings is 1. The molecule has 0 unspecified atom stereocenters. The molecule has 0 radical (unpaired) electrons. The molecule has 0 fully saturated rings. The lowest BCUT2D eigenvalue weighted by molar-refractivity contribution is 0.185. The molecular formula is C13H21NO4S. The van der Waals surface area contributed by atoms with E-state index in [-0.39, 0.29) is 4.90 Å². The molecule has 5 nitrogen and oxygen atoms in total. The van der Waals surface area contributed by atoms with Crippen LogP contribution in [0.2, 0.25) is 0 Å². The first-order valence-electron chi connectivity index (χ1n) is 6.22. The average molecular weight is 287 g/mol. The van der Waals surface area contributed by atoms with Crippen LogP contribution in [-0.2, 0) is 16.4 Å². The monoisotopic (exact) mass is 287 g/mol. The second kappa shape index (κ2) is 7.00. The molecule has 108 valence electrons. The molecule has 1 aromatic rings. The summed E-state index contributed by atoms with van der Waals surface area (Å²) in [6.07, 6.45) is 0.893. The van der Waals surface area contributed by atoms with E-state index in [1.54, 1.807) is 12.1 Å². The van der Waals surface area contributed by atoms with Gasteiger partial charge in [0.2, 0.25) is 10.0 Å². The van der Waals surface area contributed by atoms with Gasteiger partial charge in [-0.2, -0.15) is 0 Å². The molecule has 0 aliphatic rings. The van der Waals surface area contributed by atoms with Crippen molar-refractivity contribution in [2.75, 3.05) is 13.2 Å². The minimum absolute atomic E-state index is 0.131. The summed E-state index contributed by atoms with van der Waals surface area (Å²) in [7, 11) is -3.70. The van der Waals surface area contributed by atoms with Crippen molar-refractivity contribution in [2.45, 2.75) is 31.2 Å². The van der Waals surface area contributed by atoms with E-state index in [0.717, 1.165) is 12.0 Å². The van der Waals surface area contributed by atoms with Crippen molar-refractivity contribution in [3.63, 3.8) is 0 Å². The predicted molar refractivity (Wildman–Crippen MR) is 73.3 cm³/mol. The van der Waals surface area contributed by atoms with E-state index in [4.69, 9.17) is 10.2 Å². The smallest absolute Gasteiger partial charge is 0.240 e. The van der Waals surface area contributed by atoms with E-state index in [1.165, 1.54) is 12.1 Å². The van der Waals surface area contributed by atoms with Crippen molar-refractivity contribution in [3.05, 3.63) is 29.8 Å². The third-order valence-electron chi connectivity index (χ3n) is 2.64. The molecule has 3 N–H and O–H groups in total. The maximum atomic E-state index is 12.0. The van der Waals surface area contributed by atoms with E-state index in [9.17, 15) is 8.42 Å². The maximum Gasteiger partial charge on any atom is 0.240 e. The van der Waals surface area contributed by atoms with E-state index in [1.807, 2.05) is 0 Å². The molecule has 1 aromatic carbocycles. The van der Waals surface area contributed by atoms with Crippen LogP contribution in [0.3, 0.4) is 0 Å². The van der Waals surface area contributed by atoms with Gasteiger partial charge in [0.15, 0.2) is 0 Å². The fraction of sp³-hybridized carbons (Fsp3) is 0.538. The normalized spacial score (nSPS) is 12.3. The molecule has 0 atom stereocenters. The minimum Gasteiger partial charge on any atom is -0.395 e. The summed E-state index contributed by atoms with van der Waals surface area (Å²) < 4.78 is 26.2. The first-order valence-corrected chi connectivity index (χ1v) is 7.70. The lowest BCUT2D eigenvalue weighted by atomic mass is 10.0. The first-order chi connectivity index (χ1) is 8.89. The molecule has 0 saturated carbocycles. The van der Waals surface area contributed by atoms with Gasteiger partial charge in [0.25, 0.3) is 0 Å². The molecule has 0 aliphatic heterocycles. The molecular weight excluding hydrogens is 266 g/mol. The Hall–Kier alpha value is -0.950. The minimum atomic E-state index is -3.70. The van der Waals surface area contributed by atoms with Crippen molar-refractivity contribution in [1.29, 1.82) is 0 Å². The summed E-state index contributed by atoms with van der Waals surface area (Å²) in [5, 5.41) is 17.8. The average Bonchev–Trinajstić information content (AvgIpc) is 2.36. The van der Waals surface area contributed by atoms with Crippen LogP contribution in [-0.4, -0.2) is 37.9 Å². The topological polar surface area (TPSA) is 86.6 Å². The second-order valence-corrected chi connectivity index (χ2v) is 6.64. The Kier molecular flexibility index (Phi) is 5.93. The zero-order valence-corrected chi connectivity index (χ0v) is 12.0. The summed E-state index contributed by atoms with van der Waals surface area (Å²) in [6.45, 7) is 3.31. The Morgan fingerprint density at radius 2 is 1.63 bits per heavy atom. The van der Waals surface area contributed by atoms with Crippen molar-refractivity contribution in [1.82, 2.24) is 4.72 Å². The van der Waals surface area contributed by atoms with Crippen LogP contribution < -0.4 is 4.72 Å². The summed E-state index contributed by atoms with van der Waals surface area (Å²) in [5.41, 5.74) is 1.08. The maximum absolute atomic E-state index is 12.0. The Balaban J connectivity index is 2.84. The standard InChI is InChI=1S/C13H21NO4S/c1-10(2)7-11-3-5-13(6-4-11)19(17,18)14-12(8-15)9-16/h3-6,10,12,14-16H,7-9H2,1-2H3. The largest absolute Gasteiger partial charge is 0.395 e. The molecule has 0 aliphatic carbocycles. The van der Waals surface area contributed by atoms with Gasteiger partial charge in [0.05, 0.1) is 24.2 Å². The van der Waals surface area contributed by atoms with Gasteiger partial charge >= 0.3 is 0 Å². The Bertz CT molecular complexity index is 478. The van der Waals surface area contributed by atoms with Crippen molar-refractivity contribution >= 4 is 10.0 Å². The number of nitrogens with one attached hydrogen (secondary N) is 1. The fourth-order valence-electron chi connectivity index (χ4n) is 1.70. The SMILES string of the molecule is CC(C)Cc1ccc(S(=O)(=O)NC(CO)CO)cc1. The number of sulfonamides is 1. The molecule has 0 spiro atoms. The molecule has 0 aromatic heterocycles. The van der Waals surface area contributed by atoms with Gasteiger partial charge in [-0.25, -0.2) is 13.1 Å². The van der Waals surface area contributed by atoms with Crippen LogP contribution in [0.15, 0.2) is 29.2 Å². The highest BCUT2D eigenvalue weighted by atomic mass is 32.2. The molecule has 0 saturated heterocycles. The van der Waals surface area contributed by atoms with Gasteiger partial charge in [-0.1, -0.05) is 26.0 Å². The predicted octanol–water partition coefficient (Wildman–Crippen LogP) is 0.517. The lowest BCUT2D eigenvalue weighted by Gasteiger charge is -2.14. The van der Waals surface area contributed by atoms with Gasteiger partial charge in [-0.05, 0) is 30.0 Å². The molecule has 0 amide bonds. The summed E-state index contributed by atoms with van der Waals surface area (Å²) in [4.78, 5) is 0.131. The van der Waals surface area contributed by atoms with Crippen molar-refractivity contribution in [2.24, 2.45) is 5.92 Å². The van der Waals surface area contributed by atoms with Crippen LogP contribution in [0.25, 0.3) is 0 Å². The molecule has 19 heavy (non-hydrogen) atoms. The Morgan fingerprint density at radius 3 is 2.05 bits per heavy atom. The molecule has 0 bridgehead atoms. The quantitative estimate of drug-likeness (QED) is 0.682. The highest BCUT2D eigenvalue weighted by Gasteiger charge is 2.18. The zero-order valence-electron chi connectivity index (χ0n) is 11.2. The number of aliphatic hydroxyl groups excluding tert-OH is 2. The van der Waals surface area contributed by atoms with Gasteiger partial charge in [-0.15, -0.1) is 0 Å². The summed E-state index contributed by atoms with van der Waals surface area (Å²) >= 11 is 0. The second-order valence-electron chi connectivity index (χ2n) is 4.93. The number of aliphatic hydroxyl groups is 2. The van der Waals surface area contributed by atoms with E-state index < -0.39 is 29.3 Å². The van der Waals surface area contributed by atoms with Gasteiger partial charge in [0, 0.05) is 0 Å². The van der Waals surface area contributed by atoms with Crippen LogP contribution in [0, 0.1) is 5.92 Å². The van der Waals surface area contributed by atoms with Crippen molar-refractivity contribution in [3.8, 4) is 0 Å².